The normalized spacial score (nSPS) is 26.5. The minimum Gasteiger partial charge on any atom is -0.487 e. The summed E-state index contributed by atoms with van der Waals surface area (Å²) >= 11 is 0. The van der Waals surface area contributed by atoms with Gasteiger partial charge in [0.25, 0.3) is 5.91 Å². The zero-order valence-corrected chi connectivity index (χ0v) is 19.8. The average Bonchev–Trinajstić information content (AvgIpc) is 3.35. The van der Waals surface area contributed by atoms with Crippen LogP contribution in [0, 0.1) is 5.92 Å². The van der Waals surface area contributed by atoms with Gasteiger partial charge in [0, 0.05) is 26.1 Å². The van der Waals surface area contributed by atoms with E-state index in [4.69, 9.17) is 4.74 Å². The molecule has 1 aliphatic heterocycles. The summed E-state index contributed by atoms with van der Waals surface area (Å²) in [6.45, 7) is 1.62. The number of nitrogens with zero attached hydrogens (tertiary/aromatic N) is 2. The molecule has 0 aromatic heterocycles. The molecule has 3 aliphatic rings. The first-order chi connectivity index (χ1) is 15.6. The van der Waals surface area contributed by atoms with Crippen molar-refractivity contribution in [3.63, 3.8) is 0 Å². The number of para-hydroxylation sites is 1. The van der Waals surface area contributed by atoms with Gasteiger partial charge in [-0.3, -0.25) is 9.59 Å². The van der Waals surface area contributed by atoms with Gasteiger partial charge in [0.1, 0.15) is 11.9 Å². The summed E-state index contributed by atoms with van der Waals surface area (Å²) in [5.74, 6) is 1.25. The number of hydrogen-bond acceptors (Lipinski definition) is 3. The van der Waals surface area contributed by atoms with Crippen molar-refractivity contribution in [3.8, 4) is 5.75 Å². The minimum absolute atomic E-state index is 0.0294. The quantitative estimate of drug-likeness (QED) is 0.585. The maximum Gasteiger partial charge on any atom is 0.257 e. The molecule has 176 valence electrons. The Morgan fingerprint density at radius 1 is 0.844 bits per heavy atom. The molecule has 0 bridgehead atoms. The summed E-state index contributed by atoms with van der Waals surface area (Å²) in [5, 5.41) is 0. The van der Waals surface area contributed by atoms with E-state index in [0.29, 0.717) is 17.2 Å². The maximum absolute atomic E-state index is 13.6. The zero-order chi connectivity index (χ0) is 22.3. The van der Waals surface area contributed by atoms with Gasteiger partial charge in [-0.15, -0.1) is 0 Å². The largest absolute Gasteiger partial charge is 0.487 e. The van der Waals surface area contributed by atoms with Gasteiger partial charge in [-0.25, -0.2) is 0 Å². The number of rotatable bonds is 1. The van der Waals surface area contributed by atoms with Crippen molar-refractivity contribution in [3.05, 3.63) is 29.8 Å². The summed E-state index contributed by atoms with van der Waals surface area (Å²) in [6.07, 6.45) is 14.1. The molecule has 4 rings (SSSR count). The predicted molar refractivity (Wildman–Crippen MR) is 127 cm³/mol. The maximum atomic E-state index is 13.6. The first-order valence-electron chi connectivity index (χ1n) is 13.0. The van der Waals surface area contributed by atoms with Gasteiger partial charge >= 0.3 is 0 Å². The van der Waals surface area contributed by atoms with E-state index in [1.54, 1.807) is 0 Å². The first kappa shape index (κ1) is 23.1. The summed E-state index contributed by atoms with van der Waals surface area (Å²) in [7, 11) is 1.89. The van der Waals surface area contributed by atoms with Crippen LogP contribution in [0.3, 0.4) is 0 Å². The second-order valence-electron chi connectivity index (χ2n) is 10.0. The van der Waals surface area contributed by atoms with Gasteiger partial charge in [-0.1, -0.05) is 50.7 Å². The minimum atomic E-state index is -0.0431. The van der Waals surface area contributed by atoms with Gasteiger partial charge in [-0.2, -0.15) is 0 Å². The Morgan fingerprint density at radius 2 is 1.50 bits per heavy atom. The monoisotopic (exact) mass is 440 g/mol. The standard InChI is InChI=1S/C27H40N2O3/c1-28-19-11-3-2-4-12-20-29(26(30)21-13-5-6-14-21)23-16-8-10-18-25(23)32-24-17-9-7-15-22(24)27(28)31/h7,9,15,17,21,23,25H,2-6,8,10-14,16,18-20H2,1H3/t23-,25+/m1/s1. The van der Waals surface area contributed by atoms with Gasteiger partial charge in [-0.05, 0) is 57.1 Å². The molecular formula is C27H40N2O3. The third-order valence-electron chi connectivity index (χ3n) is 7.69. The van der Waals surface area contributed by atoms with Crippen LogP contribution >= 0.6 is 0 Å². The third-order valence-corrected chi connectivity index (χ3v) is 7.69. The second kappa shape index (κ2) is 11.2. The summed E-state index contributed by atoms with van der Waals surface area (Å²) in [6, 6.07) is 7.78. The molecule has 32 heavy (non-hydrogen) atoms. The highest BCUT2D eigenvalue weighted by Crippen LogP contribution is 2.33. The Morgan fingerprint density at radius 3 is 2.31 bits per heavy atom. The summed E-state index contributed by atoms with van der Waals surface area (Å²) < 4.78 is 6.60. The van der Waals surface area contributed by atoms with Crippen LogP contribution in [0.5, 0.6) is 5.75 Å². The lowest BCUT2D eigenvalue weighted by Crippen LogP contribution is -2.52. The second-order valence-corrected chi connectivity index (χ2v) is 10.0. The van der Waals surface area contributed by atoms with Gasteiger partial charge < -0.3 is 14.5 Å². The van der Waals surface area contributed by atoms with Gasteiger partial charge in [0.2, 0.25) is 5.91 Å². The smallest absolute Gasteiger partial charge is 0.257 e. The summed E-state index contributed by atoms with van der Waals surface area (Å²) in [5.41, 5.74) is 0.642. The van der Waals surface area contributed by atoms with Crippen molar-refractivity contribution in [2.45, 2.75) is 95.6 Å². The van der Waals surface area contributed by atoms with Gasteiger partial charge in [0.15, 0.2) is 0 Å². The van der Waals surface area contributed by atoms with Crippen LogP contribution in [0.25, 0.3) is 0 Å². The van der Waals surface area contributed by atoms with Crippen LogP contribution in [0.1, 0.15) is 93.8 Å². The molecule has 0 spiro atoms. The average molecular weight is 441 g/mol. The number of carbonyl (C=O) groups is 2. The number of benzene rings is 1. The van der Waals surface area contributed by atoms with E-state index in [9.17, 15) is 9.59 Å². The fourth-order valence-corrected chi connectivity index (χ4v) is 5.80. The Hall–Kier alpha value is -2.04. The van der Waals surface area contributed by atoms with Crippen molar-refractivity contribution < 1.29 is 14.3 Å². The van der Waals surface area contributed by atoms with Crippen LogP contribution in [0.2, 0.25) is 0 Å². The topological polar surface area (TPSA) is 49.9 Å². The first-order valence-corrected chi connectivity index (χ1v) is 13.0. The third kappa shape index (κ3) is 5.47. The number of hydrogen-bond donors (Lipinski definition) is 0. The molecule has 0 radical (unpaired) electrons. The molecule has 1 aromatic carbocycles. The number of carbonyl (C=O) groups excluding carboxylic acids is 2. The number of ether oxygens (including phenoxy) is 1. The SMILES string of the molecule is CN1CCCCCCCN(C(=O)C2CCCC2)[C@@H]2CCCC[C@@H]2Oc2ccccc2C1=O. The van der Waals surface area contributed by atoms with E-state index < -0.39 is 0 Å². The molecular weight excluding hydrogens is 400 g/mol. The lowest BCUT2D eigenvalue weighted by Gasteiger charge is -2.41. The Labute approximate surface area is 193 Å². The molecule has 1 heterocycles. The highest BCUT2D eigenvalue weighted by molar-refractivity contribution is 5.96. The van der Waals surface area contributed by atoms with Crippen LogP contribution in [0.15, 0.2) is 24.3 Å². The van der Waals surface area contributed by atoms with E-state index in [-0.39, 0.29) is 24.0 Å². The van der Waals surface area contributed by atoms with E-state index in [1.807, 2.05) is 36.2 Å². The van der Waals surface area contributed by atoms with Crippen LogP contribution in [-0.4, -0.2) is 53.9 Å². The number of amides is 2. The molecule has 5 nitrogen and oxygen atoms in total. The van der Waals surface area contributed by atoms with E-state index in [1.165, 1.54) is 12.8 Å². The Bertz CT molecular complexity index is 774. The van der Waals surface area contributed by atoms with Crippen molar-refractivity contribution in [1.29, 1.82) is 0 Å². The van der Waals surface area contributed by atoms with Crippen LogP contribution in [0.4, 0.5) is 0 Å². The van der Waals surface area contributed by atoms with Crippen LogP contribution in [-0.2, 0) is 4.79 Å². The molecule has 5 heteroatoms. The Balaban J connectivity index is 1.62. The molecule has 2 atom stereocenters. The fourth-order valence-electron chi connectivity index (χ4n) is 5.80. The van der Waals surface area contributed by atoms with Crippen molar-refractivity contribution >= 4 is 11.8 Å². The van der Waals surface area contributed by atoms with Crippen molar-refractivity contribution in [2.75, 3.05) is 20.1 Å². The zero-order valence-electron chi connectivity index (χ0n) is 19.8. The van der Waals surface area contributed by atoms with E-state index >= 15 is 0 Å². The fraction of sp³-hybridized carbons (Fsp3) is 0.704. The molecule has 0 unspecified atom stereocenters. The van der Waals surface area contributed by atoms with E-state index in [2.05, 4.69) is 4.90 Å². The molecule has 2 aliphatic carbocycles. The lowest BCUT2D eigenvalue weighted by atomic mass is 9.89. The van der Waals surface area contributed by atoms with E-state index in [0.717, 1.165) is 83.7 Å². The molecule has 2 amide bonds. The molecule has 0 N–H and O–H groups in total. The van der Waals surface area contributed by atoms with Crippen LogP contribution < -0.4 is 4.74 Å². The summed E-state index contributed by atoms with van der Waals surface area (Å²) in [4.78, 5) is 30.8. The molecule has 2 saturated carbocycles. The highest BCUT2D eigenvalue weighted by Gasteiger charge is 2.38. The number of fused-ring (bicyclic) bond motifs is 2. The molecule has 1 aromatic rings. The Kier molecular flexibility index (Phi) is 8.10. The lowest BCUT2D eigenvalue weighted by molar-refractivity contribution is -0.141. The molecule has 0 saturated heterocycles. The predicted octanol–water partition coefficient (Wildman–Crippen LogP) is 5.43. The van der Waals surface area contributed by atoms with Crippen molar-refractivity contribution in [2.24, 2.45) is 5.92 Å². The molecule has 2 fully saturated rings. The van der Waals surface area contributed by atoms with Gasteiger partial charge in [0.05, 0.1) is 11.6 Å². The highest BCUT2D eigenvalue weighted by atomic mass is 16.5. The van der Waals surface area contributed by atoms with Crippen molar-refractivity contribution in [1.82, 2.24) is 9.80 Å².